The van der Waals surface area contributed by atoms with Crippen molar-refractivity contribution in [3.63, 3.8) is 0 Å². The summed E-state index contributed by atoms with van der Waals surface area (Å²) in [4.78, 5) is 10.7. The minimum absolute atomic E-state index is 0.0702. The Morgan fingerprint density at radius 2 is 2.00 bits per heavy atom. The number of carboxylic acid groups (broad SMARTS) is 1. The molecule has 0 heterocycles. The lowest BCUT2D eigenvalue weighted by Crippen LogP contribution is -2.05. The molecule has 0 aliphatic heterocycles. The first-order chi connectivity index (χ1) is 7.56. The Kier molecular flexibility index (Phi) is 4.35. The van der Waals surface area contributed by atoms with E-state index in [1.807, 2.05) is 26.0 Å². The third kappa shape index (κ3) is 2.99. The summed E-state index contributed by atoms with van der Waals surface area (Å²) in [5.41, 5.74) is 2.90. The molecule has 0 spiro atoms. The molecule has 0 aromatic heterocycles. The second-order valence-electron chi connectivity index (χ2n) is 3.89. The van der Waals surface area contributed by atoms with Crippen LogP contribution >= 0.6 is 0 Å². The van der Waals surface area contributed by atoms with E-state index in [-0.39, 0.29) is 6.42 Å². The molecule has 1 aromatic carbocycles. The van der Waals surface area contributed by atoms with E-state index in [0.29, 0.717) is 6.61 Å². The molecular weight excluding hydrogens is 204 g/mol. The quantitative estimate of drug-likeness (QED) is 0.833. The summed E-state index contributed by atoms with van der Waals surface area (Å²) in [6, 6.07) is 3.69. The highest BCUT2D eigenvalue weighted by Gasteiger charge is 2.09. The van der Waals surface area contributed by atoms with Gasteiger partial charge in [0.25, 0.3) is 0 Å². The third-order valence-electron chi connectivity index (χ3n) is 2.65. The van der Waals surface area contributed by atoms with Crippen molar-refractivity contribution in [2.45, 2.75) is 33.6 Å². The minimum Gasteiger partial charge on any atom is -0.493 e. The lowest BCUT2D eigenvalue weighted by Gasteiger charge is -2.13. The van der Waals surface area contributed by atoms with E-state index in [4.69, 9.17) is 9.84 Å². The van der Waals surface area contributed by atoms with E-state index in [1.165, 1.54) is 0 Å². The van der Waals surface area contributed by atoms with Crippen molar-refractivity contribution in [3.05, 3.63) is 28.8 Å². The van der Waals surface area contributed by atoms with Crippen LogP contribution in [0.15, 0.2) is 12.1 Å². The van der Waals surface area contributed by atoms with Gasteiger partial charge in [-0.05, 0) is 43.0 Å². The van der Waals surface area contributed by atoms with Gasteiger partial charge in [0.05, 0.1) is 13.0 Å². The maximum absolute atomic E-state index is 10.7. The molecule has 0 amide bonds. The van der Waals surface area contributed by atoms with Crippen LogP contribution in [0.25, 0.3) is 0 Å². The summed E-state index contributed by atoms with van der Waals surface area (Å²) in [6.07, 6.45) is 1.04. The lowest BCUT2D eigenvalue weighted by molar-refractivity contribution is -0.136. The Balaban J connectivity index is 2.93. The predicted octanol–water partition coefficient (Wildman–Crippen LogP) is 2.72. The highest BCUT2D eigenvalue weighted by Crippen LogP contribution is 2.24. The molecule has 3 heteroatoms. The summed E-state index contributed by atoms with van der Waals surface area (Å²) >= 11 is 0. The summed E-state index contributed by atoms with van der Waals surface area (Å²) in [5.74, 6) is 0.0539. The lowest BCUT2D eigenvalue weighted by atomic mass is 10.00. The smallest absolute Gasteiger partial charge is 0.307 e. The molecule has 3 nitrogen and oxygen atoms in total. The Morgan fingerprint density at radius 3 is 2.56 bits per heavy atom. The normalized spacial score (nSPS) is 10.2. The number of hydrogen-bond donors (Lipinski definition) is 1. The van der Waals surface area contributed by atoms with Crippen LogP contribution in [0, 0.1) is 13.8 Å². The summed E-state index contributed by atoms with van der Waals surface area (Å²) in [7, 11) is 0. The van der Waals surface area contributed by atoms with Crippen molar-refractivity contribution in [1.29, 1.82) is 0 Å². The van der Waals surface area contributed by atoms with Crippen LogP contribution in [0.5, 0.6) is 5.75 Å². The number of carbonyl (C=O) groups is 1. The molecule has 0 atom stereocenters. The summed E-state index contributed by atoms with van der Waals surface area (Å²) in [5, 5.41) is 8.76. The highest BCUT2D eigenvalue weighted by atomic mass is 16.5. The Bertz CT molecular complexity index is 383. The monoisotopic (exact) mass is 222 g/mol. The van der Waals surface area contributed by atoms with Crippen molar-refractivity contribution in [2.75, 3.05) is 6.61 Å². The molecule has 0 saturated heterocycles. The van der Waals surface area contributed by atoms with Gasteiger partial charge in [0.2, 0.25) is 0 Å². The molecule has 0 unspecified atom stereocenters. The van der Waals surface area contributed by atoms with Gasteiger partial charge in [-0.2, -0.15) is 0 Å². The molecule has 0 aliphatic rings. The van der Waals surface area contributed by atoms with Crippen LogP contribution in [0.3, 0.4) is 0 Å². The van der Waals surface area contributed by atoms with Crippen molar-refractivity contribution >= 4 is 5.97 Å². The SMILES string of the molecule is CCCOc1ccc(CC(=O)O)c(C)c1C. The van der Waals surface area contributed by atoms with Gasteiger partial charge in [-0.15, -0.1) is 0 Å². The predicted molar refractivity (Wildman–Crippen MR) is 63.0 cm³/mol. The fourth-order valence-electron chi connectivity index (χ4n) is 1.57. The average Bonchev–Trinajstić information content (AvgIpc) is 2.23. The molecule has 1 aromatic rings. The van der Waals surface area contributed by atoms with Crippen LogP contribution in [0.4, 0.5) is 0 Å². The summed E-state index contributed by atoms with van der Waals surface area (Å²) < 4.78 is 5.58. The van der Waals surface area contributed by atoms with E-state index < -0.39 is 5.97 Å². The van der Waals surface area contributed by atoms with Crippen LogP contribution in [0.1, 0.15) is 30.0 Å². The first-order valence-electron chi connectivity index (χ1n) is 5.50. The van der Waals surface area contributed by atoms with E-state index in [9.17, 15) is 4.79 Å². The molecular formula is C13H18O3. The van der Waals surface area contributed by atoms with Gasteiger partial charge in [-0.1, -0.05) is 13.0 Å². The maximum atomic E-state index is 10.7. The van der Waals surface area contributed by atoms with Gasteiger partial charge in [-0.25, -0.2) is 0 Å². The largest absolute Gasteiger partial charge is 0.493 e. The van der Waals surface area contributed by atoms with Crippen molar-refractivity contribution < 1.29 is 14.6 Å². The molecule has 0 bridgehead atoms. The van der Waals surface area contributed by atoms with E-state index >= 15 is 0 Å². The standard InChI is InChI=1S/C13H18O3/c1-4-7-16-12-6-5-11(8-13(14)15)9(2)10(12)3/h5-6H,4,7-8H2,1-3H3,(H,14,15). The first-order valence-corrected chi connectivity index (χ1v) is 5.50. The molecule has 1 rings (SSSR count). The van der Waals surface area contributed by atoms with Gasteiger partial charge in [0.1, 0.15) is 5.75 Å². The van der Waals surface area contributed by atoms with Crippen molar-refractivity contribution in [2.24, 2.45) is 0 Å². The van der Waals surface area contributed by atoms with Gasteiger partial charge in [0, 0.05) is 0 Å². The van der Waals surface area contributed by atoms with Crippen LogP contribution in [0.2, 0.25) is 0 Å². The fraction of sp³-hybridized carbons (Fsp3) is 0.462. The number of hydrogen-bond acceptors (Lipinski definition) is 2. The number of benzene rings is 1. The Morgan fingerprint density at radius 1 is 1.31 bits per heavy atom. The number of rotatable bonds is 5. The van der Waals surface area contributed by atoms with Crippen molar-refractivity contribution in [3.8, 4) is 5.75 Å². The van der Waals surface area contributed by atoms with E-state index in [0.717, 1.165) is 28.9 Å². The number of aliphatic carboxylic acids is 1. The summed E-state index contributed by atoms with van der Waals surface area (Å²) in [6.45, 7) is 6.65. The third-order valence-corrected chi connectivity index (χ3v) is 2.65. The highest BCUT2D eigenvalue weighted by molar-refractivity contribution is 5.71. The Labute approximate surface area is 96.1 Å². The molecule has 88 valence electrons. The van der Waals surface area contributed by atoms with E-state index in [2.05, 4.69) is 6.92 Å². The number of carboxylic acids is 1. The first kappa shape index (κ1) is 12.6. The van der Waals surface area contributed by atoms with Crippen LogP contribution in [-0.2, 0) is 11.2 Å². The van der Waals surface area contributed by atoms with Crippen molar-refractivity contribution in [1.82, 2.24) is 0 Å². The van der Waals surface area contributed by atoms with Crippen LogP contribution < -0.4 is 4.74 Å². The zero-order chi connectivity index (χ0) is 12.1. The van der Waals surface area contributed by atoms with Crippen LogP contribution in [-0.4, -0.2) is 17.7 Å². The number of ether oxygens (including phenoxy) is 1. The average molecular weight is 222 g/mol. The molecule has 0 aliphatic carbocycles. The molecule has 0 saturated carbocycles. The second kappa shape index (κ2) is 5.54. The maximum Gasteiger partial charge on any atom is 0.307 e. The zero-order valence-corrected chi connectivity index (χ0v) is 10.0. The topological polar surface area (TPSA) is 46.5 Å². The second-order valence-corrected chi connectivity index (χ2v) is 3.89. The molecule has 0 radical (unpaired) electrons. The van der Waals surface area contributed by atoms with Gasteiger partial charge in [0.15, 0.2) is 0 Å². The molecule has 16 heavy (non-hydrogen) atoms. The zero-order valence-electron chi connectivity index (χ0n) is 10.0. The molecule has 0 fully saturated rings. The van der Waals surface area contributed by atoms with Gasteiger partial charge in [-0.3, -0.25) is 4.79 Å². The van der Waals surface area contributed by atoms with E-state index in [1.54, 1.807) is 0 Å². The van der Waals surface area contributed by atoms with Gasteiger partial charge < -0.3 is 9.84 Å². The Hall–Kier alpha value is -1.51. The minimum atomic E-state index is -0.801. The molecule has 1 N–H and O–H groups in total. The van der Waals surface area contributed by atoms with Gasteiger partial charge >= 0.3 is 5.97 Å². The fourth-order valence-corrected chi connectivity index (χ4v) is 1.57.